The summed E-state index contributed by atoms with van der Waals surface area (Å²) in [4.78, 5) is 45.2. The highest BCUT2D eigenvalue weighted by molar-refractivity contribution is 6.24. The zero-order chi connectivity index (χ0) is 26.3. The zero-order valence-corrected chi connectivity index (χ0v) is 19.9. The summed E-state index contributed by atoms with van der Waals surface area (Å²) < 4.78 is 10.7. The smallest absolute Gasteiger partial charge is 0.271 e. The van der Waals surface area contributed by atoms with E-state index in [1.807, 2.05) is 6.92 Å². The van der Waals surface area contributed by atoms with Crippen LogP contribution >= 0.6 is 0 Å². The fraction of sp³-hybridized carbons (Fsp3) is 0.231. The van der Waals surface area contributed by atoms with Gasteiger partial charge in [-0.1, -0.05) is 12.1 Å². The molecule has 11 heteroatoms. The van der Waals surface area contributed by atoms with Gasteiger partial charge in [-0.3, -0.25) is 24.5 Å². The molecule has 3 atom stereocenters. The van der Waals surface area contributed by atoms with Crippen LogP contribution in [0.5, 0.6) is 17.2 Å². The van der Waals surface area contributed by atoms with Crippen molar-refractivity contribution in [3.05, 3.63) is 82.4 Å². The van der Waals surface area contributed by atoms with Crippen LogP contribution in [0, 0.1) is 16.0 Å². The second-order valence-electron chi connectivity index (χ2n) is 8.47. The standard InChI is InChI=1S/C26H23N3O8/c1-3-36-19-10-8-16(9-11-19)27-25(31)22-23(15-7-12-20(30)21(13-15)35-2)28(37-24(22)26(27)32)17-5-4-6-18(14-17)29(33)34/h4-14,22-24,30H,3H2,1-2H3/t22-,23+,24-/m1/s1. The highest BCUT2D eigenvalue weighted by Crippen LogP contribution is 2.49. The van der Waals surface area contributed by atoms with Crippen molar-refractivity contribution in [2.45, 2.75) is 19.1 Å². The van der Waals surface area contributed by atoms with Crippen molar-refractivity contribution in [3.63, 3.8) is 0 Å². The molecular formula is C26H23N3O8. The predicted octanol–water partition coefficient (Wildman–Crippen LogP) is 3.76. The molecule has 0 bridgehead atoms. The van der Waals surface area contributed by atoms with E-state index in [1.54, 1.807) is 42.5 Å². The number of non-ortho nitro benzene ring substituents is 1. The number of anilines is 2. The highest BCUT2D eigenvalue weighted by Gasteiger charge is 2.60. The number of phenols is 1. The highest BCUT2D eigenvalue weighted by atomic mass is 16.7. The van der Waals surface area contributed by atoms with Gasteiger partial charge in [-0.05, 0) is 55.0 Å². The fourth-order valence-corrected chi connectivity index (χ4v) is 4.71. The lowest BCUT2D eigenvalue weighted by molar-refractivity contribution is -0.384. The van der Waals surface area contributed by atoms with Gasteiger partial charge in [-0.2, -0.15) is 0 Å². The third-order valence-electron chi connectivity index (χ3n) is 6.36. The Balaban J connectivity index is 1.57. The lowest BCUT2D eigenvalue weighted by Crippen LogP contribution is -2.37. The molecule has 0 aliphatic carbocycles. The van der Waals surface area contributed by atoms with Crippen molar-refractivity contribution in [2.24, 2.45) is 5.92 Å². The number of fused-ring (bicyclic) bond motifs is 1. The van der Waals surface area contributed by atoms with E-state index < -0.39 is 34.8 Å². The van der Waals surface area contributed by atoms with E-state index in [4.69, 9.17) is 14.3 Å². The topological polar surface area (TPSA) is 132 Å². The first kappa shape index (κ1) is 24.1. The molecule has 2 heterocycles. The molecule has 0 unspecified atom stereocenters. The maximum Gasteiger partial charge on any atom is 0.271 e. The first-order chi connectivity index (χ1) is 17.8. The molecule has 37 heavy (non-hydrogen) atoms. The molecule has 2 amide bonds. The Morgan fingerprint density at radius 3 is 2.46 bits per heavy atom. The second-order valence-corrected chi connectivity index (χ2v) is 8.47. The number of ether oxygens (including phenoxy) is 2. The van der Waals surface area contributed by atoms with E-state index in [0.717, 1.165) is 4.90 Å². The summed E-state index contributed by atoms with van der Waals surface area (Å²) in [6.45, 7) is 2.33. The van der Waals surface area contributed by atoms with Gasteiger partial charge in [0.05, 0.1) is 36.1 Å². The van der Waals surface area contributed by atoms with Crippen LogP contribution in [0.25, 0.3) is 0 Å². The van der Waals surface area contributed by atoms with Crippen LogP contribution in [0.15, 0.2) is 66.7 Å². The summed E-state index contributed by atoms with van der Waals surface area (Å²) in [5, 5.41) is 22.8. The van der Waals surface area contributed by atoms with Crippen LogP contribution in [0.3, 0.4) is 0 Å². The SMILES string of the molecule is CCOc1ccc(N2C(=O)[C@H]3[C@@H](ON(c4cccc([N+](=O)[O-])c4)[C@H]3c3ccc(O)c(OC)c3)C2=O)cc1. The first-order valence-corrected chi connectivity index (χ1v) is 11.5. The number of nitro groups is 1. The predicted molar refractivity (Wildman–Crippen MR) is 131 cm³/mol. The number of benzene rings is 3. The van der Waals surface area contributed by atoms with E-state index in [1.165, 1.54) is 36.4 Å². The minimum Gasteiger partial charge on any atom is -0.504 e. The minimum atomic E-state index is -1.16. The Hall–Kier alpha value is -4.64. The normalized spacial score (nSPS) is 20.8. The van der Waals surface area contributed by atoms with Crippen LogP contribution in [-0.2, 0) is 14.4 Å². The Kier molecular flexibility index (Phi) is 6.14. The summed E-state index contributed by atoms with van der Waals surface area (Å²) in [5.74, 6) is -1.33. The number of methoxy groups -OCH3 is 1. The van der Waals surface area contributed by atoms with Gasteiger partial charge in [-0.15, -0.1) is 0 Å². The van der Waals surface area contributed by atoms with Crippen molar-refractivity contribution in [1.82, 2.24) is 0 Å². The molecule has 2 aliphatic heterocycles. The van der Waals surface area contributed by atoms with Gasteiger partial charge in [-0.25, -0.2) is 9.96 Å². The van der Waals surface area contributed by atoms with E-state index in [2.05, 4.69) is 0 Å². The molecule has 1 N–H and O–H groups in total. The Bertz CT molecular complexity index is 1380. The molecule has 2 aliphatic rings. The molecule has 5 rings (SSSR count). The van der Waals surface area contributed by atoms with Gasteiger partial charge in [0.15, 0.2) is 17.6 Å². The molecule has 0 spiro atoms. The number of hydrogen-bond acceptors (Lipinski definition) is 9. The van der Waals surface area contributed by atoms with Gasteiger partial charge in [0.25, 0.3) is 11.6 Å². The minimum absolute atomic E-state index is 0.103. The number of phenolic OH excluding ortho intramolecular Hbond substituents is 1. The van der Waals surface area contributed by atoms with Crippen LogP contribution in [0.4, 0.5) is 17.1 Å². The van der Waals surface area contributed by atoms with Gasteiger partial charge >= 0.3 is 0 Å². The number of amides is 2. The molecule has 190 valence electrons. The van der Waals surface area contributed by atoms with E-state index >= 15 is 0 Å². The van der Waals surface area contributed by atoms with Crippen molar-refractivity contribution >= 4 is 28.9 Å². The summed E-state index contributed by atoms with van der Waals surface area (Å²) >= 11 is 0. The largest absolute Gasteiger partial charge is 0.504 e. The lowest BCUT2D eigenvalue weighted by atomic mass is 9.90. The fourth-order valence-electron chi connectivity index (χ4n) is 4.71. The molecule has 2 fully saturated rings. The third kappa shape index (κ3) is 4.08. The summed E-state index contributed by atoms with van der Waals surface area (Å²) in [6, 6.07) is 16.0. The summed E-state index contributed by atoms with van der Waals surface area (Å²) in [5.41, 5.74) is 1.02. The second kappa shape index (κ2) is 9.43. The molecule has 3 aromatic carbocycles. The van der Waals surface area contributed by atoms with Crippen LogP contribution in [0.2, 0.25) is 0 Å². The van der Waals surface area contributed by atoms with E-state index in [0.29, 0.717) is 29.3 Å². The monoisotopic (exact) mass is 505 g/mol. The third-order valence-corrected chi connectivity index (χ3v) is 6.36. The number of aromatic hydroxyl groups is 1. The molecule has 0 saturated carbocycles. The summed E-state index contributed by atoms with van der Waals surface area (Å²) in [6.07, 6.45) is -1.16. The average Bonchev–Trinajstić information content (AvgIpc) is 3.41. The van der Waals surface area contributed by atoms with Gasteiger partial charge in [0.2, 0.25) is 5.91 Å². The van der Waals surface area contributed by atoms with Crippen molar-refractivity contribution in [1.29, 1.82) is 0 Å². The van der Waals surface area contributed by atoms with Crippen LogP contribution < -0.4 is 19.4 Å². The molecule has 0 radical (unpaired) electrons. The maximum absolute atomic E-state index is 13.7. The van der Waals surface area contributed by atoms with Crippen molar-refractivity contribution in [2.75, 3.05) is 23.7 Å². The van der Waals surface area contributed by atoms with Crippen molar-refractivity contribution in [3.8, 4) is 17.2 Å². The van der Waals surface area contributed by atoms with Crippen LogP contribution in [0.1, 0.15) is 18.5 Å². The number of nitro benzene ring substituents is 1. The lowest BCUT2D eigenvalue weighted by Gasteiger charge is -2.29. The van der Waals surface area contributed by atoms with Crippen LogP contribution in [-0.4, -0.2) is 41.7 Å². The number of nitrogens with zero attached hydrogens (tertiary/aromatic N) is 3. The summed E-state index contributed by atoms with van der Waals surface area (Å²) in [7, 11) is 1.39. The molecule has 2 saturated heterocycles. The number of carbonyl (C=O) groups excluding carboxylic acids is 2. The van der Waals surface area contributed by atoms with Gasteiger partial charge in [0, 0.05) is 12.1 Å². The number of rotatable bonds is 7. The number of hydroxylamine groups is 1. The Morgan fingerprint density at radius 2 is 1.78 bits per heavy atom. The quantitative estimate of drug-likeness (QED) is 0.290. The maximum atomic E-state index is 13.7. The zero-order valence-electron chi connectivity index (χ0n) is 19.9. The molecular weight excluding hydrogens is 482 g/mol. The average molecular weight is 505 g/mol. The number of carbonyl (C=O) groups is 2. The van der Waals surface area contributed by atoms with E-state index in [9.17, 15) is 24.8 Å². The Labute approximate surface area is 211 Å². The number of imide groups is 1. The Morgan fingerprint density at radius 1 is 1.03 bits per heavy atom. The van der Waals surface area contributed by atoms with Gasteiger partial charge in [0.1, 0.15) is 11.7 Å². The molecule has 0 aromatic heterocycles. The van der Waals surface area contributed by atoms with Gasteiger partial charge < -0.3 is 14.6 Å². The molecule has 11 nitrogen and oxygen atoms in total. The number of hydrogen-bond donors (Lipinski definition) is 1. The first-order valence-electron chi connectivity index (χ1n) is 11.5. The molecule has 3 aromatic rings. The van der Waals surface area contributed by atoms with Crippen molar-refractivity contribution < 1.29 is 33.9 Å². The van der Waals surface area contributed by atoms with E-state index in [-0.39, 0.29) is 17.2 Å².